The summed E-state index contributed by atoms with van der Waals surface area (Å²) in [5.74, 6) is 1.50. The fourth-order valence-corrected chi connectivity index (χ4v) is 4.44. The van der Waals surface area contributed by atoms with E-state index in [2.05, 4.69) is 32.7 Å². The van der Waals surface area contributed by atoms with E-state index in [1.807, 2.05) is 0 Å². The highest BCUT2D eigenvalue weighted by Gasteiger charge is 2.21. The summed E-state index contributed by atoms with van der Waals surface area (Å²) >= 11 is 3.64. The molecular formula is C24H42BrN3O. The summed E-state index contributed by atoms with van der Waals surface area (Å²) in [6, 6.07) is 0. The molecule has 0 aromatic carbocycles. The maximum atomic E-state index is 5.44. The van der Waals surface area contributed by atoms with Gasteiger partial charge in [-0.25, -0.2) is 4.98 Å². The molecule has 0 aliphatic carbocycles. The average molecular weight is 469 g/mol. The number of rotatable bonds is 17. The largest absolute Gasteiger partial charge is 0.480 e. The van der Waals surface area contributed by atoms with Crippen LogP contribution in [0.3, 0.4) is 0 Å². The van der Waals surface area contributed by atoms with Crippen molar-refractivity contribution in [3.05, 3.63) is 10.2 Å². The van der Waals surface area contributed by atoms with Crippen molar-refractivity contribution in [2.45, 2.75) is 110 Å². The van der Waals surface area contributed by atoms with Crippen molar-refractivity contribution in [1.82, 2.24) is 9.97 Å². The molecule has 29 heavy (non-hydrogen) atoms. The van der Waals surface area contributed by atoms with Crippen molar-refractivity contribution < 1.29 is 4.74 Å². The van der Waals surface area contributed by atoms with Crippen molar-refractivity contribution >= 4 is 21.9 Å². The van der Waals surface area contributed by atoms with E-state index in [9.17, 15) is 0 Å². The highest BCUT2D eigenvalue weighted by atomic mass is 79.9. The van der Waals surface area contributed by atoms with Gasteiger partial charge in [0.05, 0.1) is 12.8 Å². The van der Waals surface area contributed by atoms with E-state index in [0.29, 0.717) is 5.88 Å². The Morgan fingerprint density at radius 2 is 1.31 bits per heavy atom. The molecule has 4 nitrogen and oxygen atoms in total. The number of aryl methyl sites for hydroxylation is 1. The lowest BCUT2D eigenvalue weighted by Gasteiger charge is -2.31. The van der Waals surface area contributed by atoms with Crippen molar-refractivity contribution in [2.75, 3.05) is 25.1 Å². The van der Waals surface area contributed by atoms with Crippen molar-refractivity contribution in [1.29, 1.82) is 0 Å². The molecule has 1 aromatic heterocycles. The number of hydrogen-bond acceptors (Lipinski definition) is 4. The lowest BCUT2D eigenvalue weighted by atomic mass is 10.0. The average Bonchev–Trinajstić information content (AvgIpc) is 2.68. The fourth-order valence-electron chi connectivity index (χ4n) is 3.90. The molecule has 166 valence electrons. The van der Waals surface area contributed by atoms with Gasteiger partial charge in [0.2, 0.25) is 11.8 Å². The molecule has 0 spiro atoms. The highest BCUT2D eigenvalue weighted by Crippen LogP contribution is 2.30. The monoisotopic (exact) mass is 467 g/mol. The number of ether oxygens (including phenoxy) is 1. The Morgan fingerprint density at radius 1 is 0.793 bits per heavy atom. The van der Waals surface area contributed by atoms with Gasteiger partial charge in [-0.2, -0.15) is 4.98 Å². The minimum atomic E-state index is 0.669. The van der Waals surface area contributed by atoms with Crippen LogP contribution in [0.15, 0.2) is 4.47 Å². The standard InChI is InChI=1S/C24H42BrN3O/c1-3-4-5-6-7-8-9-10-11-12-13-14-15-16-18-21-22(25)23(29-2)27-24(26-21)28-19-17-20-28/h3-20H2,1-2H3. The van der Waals surface area contributed by atoms with Crippen LogP contribution in [0.4, 0.5) is 5.95 Å². The van der Waals surface area contributed by atoms with Crippen molar-refractivity contribution in [2.24, 2.45) is 0 Å². The third-order valence-corrected chi connectivity index (χ3v) is 6.77. The SMILES string of the molecule is CCCCCCCCCCCCCCCCc1nc(N2CCC2)nc(OC)c1Br. The molecule has 2 heterocycles. The van der Waals surface area contributed by atoms with Gasteiger partial charge >= 0.3 is 0 Å². The van der Waals surface area contributed by atoms with Crippen LogP contribution in [-0.4, -0.2) is 30.2 Å². The molecule has 0 N–H and O–H groups in total. The molecule has 1 aliphatic heterocycles. The molecule has 1 saturated heterocycles. The normalized spacial score (nSPS) is 13.6. The number of aromatic nitrogens is 2. The van der Waals surface area contributed by atoms with Crippen LogP contribution in [0.2, 0.25) is 0 Å². The minimum absolute atomic E-state index is 0.669. The van der Waals surface area contributed by atoms with E-state index >= 15 is 0 Å². The molecule has 0 radical (unpaired) electrons. The maximum Gasteiger partial charge on any atom is 0.232 e. The van der Waals surface area contributed by atoms with Crippen molar-refractivity contribution in [3.63, 3.8) is 0 Å². The Balaban J connectivity index is 1.51. The van der Waals surface area contributed by atoms with E-state index in [1.54, 1.807) is 7.11 Å². The van der Waals surface area contributed by atoms with Crippen LogP contribution in [0.25, 0.3) is 0 Å². The number of unbranched alkanes of at least 4 members (excludes halogenated alkanes) is 13. The molecule has 0 saturated carbocycles. The molecular weight excluding hydrogens is 426 g/mol. The number of hydrogen-bond donors (Lipinski definition) is 0. The first-order valence-corrected chi connectivity index (χ1v) is 12.9. The Bertz CT molecular complexity index is 563. The molecule has 2 rings (SSSR count). The summed E-state index contributed by atoms with van der Waals surface area (Å²) in [4.78, 5) is 11.6. The van der Waals surface area contributed by atoms with Gasteiger partial charge in [-0.1, -0.05) is 90.4 Å². The summed E-state index contributed by atoms with van der Waals surface area (Å²) < 4.78 is 6.37. The van der Waals surface area contributed by atoms with Gasteiger partial charge < -0.3 is 9.64 Å². The highest BCUT2D eigenvalue weighted by molar-refractivity contribution is 9.10. The van der Waals surface area contributed by atoms with E-state index in [0.717, 1.165) is 35.6 Å². The smallest absolute Gasteiger partial charge is 0.232 e. The predicted molar refractivity (Wildman–Crippen MR) is 127 cm³/mol. The summed E-state index contributed by atoms with van der Waals surface area (Å²) in [7, 11) is 1.68. The number of methoxy groups -OCH3 is 1. The second-order valence-electron chi connectivity index (χ2n) is 8.48. The molecule has 1 fully saturated rings. The second kappa shape index (κ2) is 15.0. The third-order valence-electron chi connectivity index (χ3n) is 5.98. The third kappa shape index (κ3) is 9.23. The zero-order chi connectivity index (χ0) is 20.7. The van der Waals surface area contributed by atoms with Crippen LogP contribution in [0.1, 0.15) is 109 Å². The first kappa shape index (κ1) is 24.4. The molecule has 0 amide bonds. The van der Waals surface area contributed by atoms with Gasteiger partial charge in [-0.3, -0.25) is 0 Å². The van der Waals surface area contributed by atoms with E-state index in [1.165, 1.54) is 96.3 Å². The van der Waals surface area contributed by atoms with Crippen LogP contribution in [0.5, 0.6) is 5.88 Å². The van der Waals surface area contributed by atoms with Gasteiger partial charge in [0.25, 0.3) is 0 Å². The first-order valence-electron chi connectivity index (χ1n) is 12.1. The second-order valence-corrected chi connectivity index (χ2v) is 9.27. The topological polar surface area (TPSA) is 38.2 Å². The van der Waals surface area contributed by atoms with Gasteiger partial charge in [0.1, 0.15) is 4.47 Å². The summed E-state index contributed by atoms with van der Waals surface area (Å²) in [5.41, 5.74) is 1.10. The molecule has 5 heteroatoms. The van der Waals surface area contributed by atoms with Gasteiger partial charge in [-0.15, -0.1) is 0 Å². The number of anilines is 1. The maximum absolute atomic E-state index is 5.44. The molecule has 0 bridgehead atoms. The van der Waals surface area contributed by atoms with Crippen LogP contribution in [0, 0.1) is 0 Å². The first-order chi connectivity index (χ1) is 14.3. The molecule has 0 unspecified atom stereocenters. The lowest BCUT2D eigenvalue weighted by Crippen LogP contribution is -2.38. The van der Waals surface area contributed by atoms with E-state index in [4.69, 9.17) is 9.72 Å². The zero-order valence-electron chi connectivity index (χ0n) is 18.9. The number of halogens is 1. The van der Waals surface area contributed by atoms with Crippen molar-refractivity contribution in [3.8, 4) is 5.88 Å². The van der Waals surface area contributed by atoms with Crippen LogP contribution < -0.4 is 9.64 Å². The van der Waals surface area contributed by atoms with Crippen LogP contribution >= 0.6 is 15.9 Å². The molecule has 0 atom stereocenters. The Labute approximate surface area is 187 Å². The molecule has 1 aromatic rings. The minimum Gasteiger partial charge on any atom is -0.480 e. The number of nitrogens with zero attached hydrogens (tertiary/aromatic N) is 3. The fraction of sp³-hybridized carbons (Fsp3) is 0.833. The van der Waals surface area contributed by atoms with Gasteiger partial charge in [-0.05, 0) is 35.2 Å². The molecule has 1 aliphatic rings. The summed E-state index contributed by atoms with van der Waals surface area (Å²) in [6.07, 6.45) is 21.7. The van der Waals surface area contributed by atoms with E-state index in [-0.39, 0.29) is 0 Å². The summed E-state index contributed by atoms with van der Waals surface area (Å²) in [6.45, 7) is 4.41. The summed E-state index contributed by atoms with van der Waals surface area (Å²) in [5, 5.41) is 0. The van der Waals surface area contributed by atoms with Gasteiger partial charge in [0.15, 0.2) is 0 Å². The Kier molecular flexibility index (Phi) is 12.7. The zero-order valence-corrected chi connectivity index (χ0v) is 20.4. The van der Waals surface area contributed by atoms with Crippen LogP contribution in [-0.2, 0) is 6.42 Å². The Hall–Kier alpha value is -0.840. The quantitative estimate of drug-likeness (QED) is 0.222. The Morgan fingerprint density at radius 3 is 1.76 bits per heavy atom. The predicted octanol–water partition coefficient (Wildman–Crippen LogP) is 7.48. The van der Waals surface area contributed by atoms with E-state index < -0.39 is 0 Å². The van der Waals surface area contributed by atoms with Gasteiger partial charge in [0, 0.05) is 13.1 Å². The lowest BCUT2D eigenvalue weighted by molar-refractivity contribution is 0.391.